The van der Waals surface area contributed by atoms with E-state index < -0.39 is 0 Å². The summed E-state index contributed by atoms with van der Waals surface area (Å²) in [5, 5.41) is 3.15. The fourth-order valence-electron chi connectivity index (χ4n) is 5.10. The Hall–Kier alpha value is -1.89. The van der Waals surface area contributed by atoms with Gasteiger partial charge in [0.25, 0.3) is 0 Å². The average Bonchev–Trinajstić information content (AvgIpc) is 3.18. The highest BCUT2D eigenvalue weighted by molar-refractivity contribution is 9.10. The van der Waals surface area contributed by atoms with Crippen LogP contribution in [-0.2, 0) is 14.4 Å². The topological polar surface area (TPSA) is 69.7 Å². The number of amides is 3. The van der Waals surface area contributed by atoms with Gasteiger partial charge in [-0.1, -0.05) is 35.2 Å². The number of rotatable bonds is 4. The molecule has 4 rings (SSSR count). The number of nitrogens with one attached hydrogen (secondary N) is 1. The summed E-state index contributed by atoms with van der Waals surface area (Å²) in [4.78, 5) is 41.8. The summed E-state index contributed by atoms with van der Waals surface area (Å²) in [6.45, 7) is 3.84. The lowest BCUT2D eigenvalue weighted by atomic mass is 9.87. The molecule has 0 spiro atoms. The molecule has 1 aromatic carbocycles. The van der Waals surface area contributed by atoms with E-state index in [0.29, 0.717) is 25.5 Å². The second kappa shape index (κ2) is 9.72. The number of aryl methyl sites for hydroxylation is 1. The molecule has 7 heteroatoms. The van der Waals surface area contributed by atoms with Crippen LogP contribution in [0.5, 0.6) is 0 Å². The van der Waals surface area contributed by atoms with Crippen molar-refractivity contribution in [1.82, 2.24) is 10.2 Å². The second-order valence-electron chi connectivity index (χ2n) is 9.28. The van der Waals surface area contributed by atoms with Crippen LogP contribution in [0.25, 0.3) is 0 Å². The molecule has 0 bridgehead atoms. The van der Waals surface area contributed by atoms with Gasteiger partial charge in [0.2, 0.25) is 17.7 Å². The van der Waals surface area contributed by atoms with Crippen LogP contribution < -0.4 is 10.2 Å². The minimum atomic E-state index is -0.321. The number of likely N-dealkylation sites (tertiary alicyclic amines) is 1. The molecule has 1 unspecified atom stereocenters. The van der Waals surface area contributed by atoms with Crippen LogP contribution >= 0.6 is 15.9 Å². The van der Waals surface area contributed by atoms with Gasteiger partial charge in [0.1, 0.15) is 0 Å². The quantitative estimate of drug-likeness (QED) is 0.698. The van der Waals surface area contributed by atoms with Crippen LogP contribution in [0.1, 0.15) is 56.9 Å². The molecule has 1 aliphatic carbocycles. The number of hydrogen-bond donors (Lipinski definition) is 1. The summed E-state index contributed by atoms with van der Waals surface area (Å²) in [7, 11) is 0. The largest absolute Gasteiger partial charge is 0.353 e. The fraction of sp³-hybridized carbons (Fsp3) is 0.625. The number of anilines is 1. The zero-order valence-electron chi connectivity index (χ0n) is 18.2. The number of piperidine rings is 1. The molecule has 3 fully saturated rings. The molecule has 168 valence electrons. The number of carbonyl (C=O) groups excluding carboxylic acids is 3. The third-order valence-electron chi connectivity index (χ3n) is 7.06. The molecular formula is C24H32BrN3O3. The van der Waals surface area contributed by atoms with Crippen LogP contribution in [0, 0.1) is 18.8 Å². The second-order valence-corrected chi connectivity index (χ2v) is 10.1. The van der Waals surface area contributed by atoms with Crippen LogP contribution in [0.2, 0.25) is 0 Å². The van der Waals surface area contributed by atoms with Crippen molar-refractivity contribution in [3.05, 3.63) is 28.2 Å². The first-order chi connectivity index (χ1) is 14.9. The lowest BCUT2D eigenvalue weighted by Gasteiger charge is -2.35. The molecule has 3 amide bonds. The highest BCUT2D eigenvalue weighted by Gasteiger charge is 2.37. The van der Waals surface area contributed by atoms with Gasteiger partial charge in [-0.25, -0.2) is 0 Å². The van der Waals surface area contributed by atoms with Gasteiger partial charge in [0, 0.05) is 48.2 Å². The minimum Gasteiger partial charge on any atom is -0.353 e. The van der Waals surface area contributed by atoms with Crippen molar-refractivity contribution in [3.63, 3.8) is 0 Å². The predicted octanol–water partition coefficient (Wildman–Crippen LogP) is 3.80. The molecule has 1 aromatic rings. The Labute approximate surface area is 192 Å². The molecule has 6 nitrogen and oxygen atoms in total. The Kier molecular flexibility index (Phi) is 6.99. The van der Waals surface area contributed by atoms with Gasteiger partial charge >= 0.3 is 0 Å². The normalized spacial score (nSPS) is 23.3. The SMILES string of the molecule is Cc1cc(N2CC(C(=O)NC3CCN(C(=O)C4CCCCC4)CC3)CC2=O)ccc1Br. The van der Waals surface area contributed by atoms with E-state index in [-0.39, 0.29) is 36.1 Å². The number of halogens is 1. The first kappa shape index (κ1) is 22.3. The summed E-state index contributed by atoms with van der Waals surface area (Å²) in [5.41, 5.74) is 1.91. The van der Waals surface area contributed by atoms with E-state index in [1.54, 1.807) is 4.90 Å². The fourth-order valence-corrected chi connectivity index (χ4v) is 5.35. The van der Waals surface area contributed by atoms with E-state index in [1.165, 1.54) is 19.3 Å². The van der Waals surface area contributed by atoms with E-state index in [0.717, 1.165) is 41.4 Å². The van der Waals surface area contributed by atoms with Crippen molar-refractivity contribution >= 4 is 39.3 Å². The third-order valence-corrected chi connectivity index (χ3v) is 7.95. The number of nitrogens with zero attached hydrogens (tertiary/aromatic N) is 2. The molecule has 1 saturated carbocycles. The third kappa shape index (κ3) is 5.13. The highest BCUT2D eigenvalue weighted by atomic mass is 79.9. The molecule has 3 aliphatic rings. The Morgan fingerprint density at radius 3 is 2.42 bits per heavy atom. The minimum absolute atomic E-state index is 0.00484. The first-order valence-electron chi connectivity index (χ1n) is 11.6. The van der Waals surface area contributed by atoms with E-state index >= 15 is 0 Å². The van der Waals surface area contributed by atoms with Crippen LogP contribution in [-0.4, -0.2) is 48.3 Å². The molecular weight excluding hydrogens is 458 g/mol. The van der Waals surface area contributed by atoms with Crippen molar-refractivity contribution in [2.45, 2.75) is 64.3 Å². The maximum atomic E-state index is 12.8. The van der Waals surface area contributed by atoms with E-state index in [2.05, 4.69) is 21.2 Å². The molecule has 2 aliphatic heterocycles. The first-order valence-corrected chi connectivity index (χ1v) is 12.4. The lowest BCUT2D eigenvalue weighted by molar-refractivity contribution is -0.137. The molecule has 2 heterocycles. The van der Waals surface area contributed by atoms with Crippen molar-refractivity contribution in [3.8, 4) is 0 Å². The average molecular weight is 490 g/mol. The van der Waals surface area contributed by atoms with Gasteiger partial charge in [-0.05, 0) is 56.4 Å². The standard InChI is InChI=1S/C24H32BrN3O3/c1-16-13-20(7-8-21(16)25)28-15-18(14-22(28)29)23(30)26-19-9-11-27(12-10-19)24(31)17-5-3-2-4-6-17/h7-8,13,17-19H,2-6,9-12,14-15H2,1H3,(H,26,30). The number of benzene rings is 1. The molecule has 2 saturated heterocycles. The number of hydrogen-bond acceptors (Lipinski definition) is 3. The molecule has 31 heavy (non-hydrogen) atoms. The van der Waals surface area contributed by atoms with E-state index in [9.17, 15) is 14.4 Å². The van der Waals surface area contributed by atoms with Crippen molar-refractivity contribution in [1.29, 1.82) is 0 Å². The van der Waals surface area contributed by atoms with Crippen LogP contribution in [0.3, 0.4) is 0 Å². The molecule has 1 N–H and O–H groups in total. The van der Waals surface area contributed by atoms with E-state index in [4.69, 9.17) is 0 Å². The summed E-state index contributed by atoms with van der Waals surface area (Å²) < 4.78 is 1.01. The zero-order chi connectivity index (χ0) is 22.0. The van der Waals surface area contributed by atoms with Crippen molar-refractivity contribution in [2.24, 2.45) is 11.8 Å². The van der Waals surface area contributed by atoms with Crippen LogP contribution in [0.15, 0.2) is 22.7 Å². The summed E-state index contributed by atoms with van der Waals surface area (Å²) in [6.07, 6.45) is 7.47. The molecule has 0 radical (unpaired) electrons. The van der Waals surface area contributed by atoms with Gasteiger partial charge in [0.15, 0.2) is 0 Å². The van der Waals surface area contributed by atoms with Gasteiger partial charge in [-0.3, -0.25) is 14.4 Å². The number of carbonyl (C=O) groups is 3. The Bertz CT molecular complexity index is 844. The summed E-state index contributed by atoms with van der Waals surface area (Å²) in [5.74, 6) is 0.152. The Morgan fingerprint density at radius 1 is 1.03 bits per heavy atom. The monoisotopic (exact) mass is 489 g/mol. The van der Waals surface area contributed by atoms with Gasteiger partial charge in [-0.15, -0.1) is 0 Å². The predicted molar refractivity (Wildman–Crippen MR) is 124 cm³/mol. The maximum absolute atomic E-state index is 12.8. The van der Waals surface area contributed by atoms with E-state index in [1.807, 2.05) is 30.0 Å². The maximum Gasteiger partial charge on any atom is 0.227 e. The molecule has 0 aromatic heterocycles. The smallest absolute Gasteiger partial charge is 0.227 e. The van der Waals surface area contributed by atoms with Gasteiger partial charge in [0.05, 0.1) is 5.92 Å². The zero-order valence-corrected chi connectivity index (χ0v) is 19.8. The Morgan fingerprint density at radius 2 is 1.74 bits per heavy atom. The van der Waals surface area contributed by atoms with Crippen molar-refractivity contribution in [2.75, 3.05) is 24.5 Å². The van der Waals surface area contributed by atoms with Crippen LogP contribution in [0.4, 0.5) is 5.69 Å². The summed E-state index contributed by atoms with van der Waals surface area (Å²) in [6, 6.07) is 5.91. The lowest BCUT2D eigenvalue weighted by Crippen LogP contribution is -2.49. The van der Waals surface area contributed by atoms with Crippen molar-refractivity contribution < 1.29 is 14.4 Å². The summed E-state index contributed by atoms with van der Waals surface area (Å²) >= 11 is 3.49. The van der Waals surface area contributed by atoms with Gasteiger partial charge in [-0.2, -0.15) is 0 Å². The van der Waals surface area contributed by atoms with Gasteiger partial charge < -0.3 is 15.1 Å². The Balaban J connectivity index is 1.27. The molecule has 1 atom stereocenters. The highest BCUT2D eigenvalue weighted by Crippen LogP contribution is 2.29.